The third-order valence-corrected chi connectivity index (χ3v) is 5.00. The summed E-state index contributed by atoms with van der Waals surface area (Å²) in [6.07, 6.45) is 7.31. The molecule has 1 aliphatic rings. The number of carbonyl (C=O) groups is 3. The topological polar surface area (TPSA) is 151 Å². The summed E-state index contributed by atoms with van der Waals surface area (Å²) >= 11 is 0. The van der Waals surface area contributed by atoms with Gasteiger partial charge in [-0.25, -0.2) is 4.98 Å². The van der Waals surface area contributed by atoms with E-state index in [0.29, 0.717) is 13.0 Å². The maximum Gasteiger partial charge on any atom is 0.325 e. The Bertz CT molecular complexity index is 933. The molecular formula is C24H33N3O7. The van der Waals surface area contributed by atoms with Gasteiger partial charge in [0.2, 0.25) is 5.91 Å². The molecule has 0 aliphatic carbocycles. The smallest absolute Gasteiger partial charge is 0.325 e. The van der Waals surface area contributed by atoms with E-state index < -0.39 is 30.2 Å². The van der Waals surface area contributed by atoms with E-state index in [1.165, 1.54) is 6.08 Å². The first-order chi connectivity index (χ1) is 16.1. The highest BCUT2D eigenvalue weighted by atomic mass is 16.5. The molecule has 3 atom stereocenters. The number of rotatable bonds is 1. The van der Waals surface area contributed by atoms with E-state index in [0.717, 1.165) is 11.8 Å². The van der Waals surface area contributed by atoms with Crippen LogP contribution >= 0.6 is 0 Å². The van der Waals surface area contributed by atoms with Crippen molar-refractivity contribution in [2.24, 2.45) is 5.92 Å². The Labute approximate surface area is 198 Å². The number of cyclic esters (lactones) is 1. The molecule has 2 bridgehead atoms. The highest BCUT2D eigenvalue weighted by molar-refractivity contribution is 5.93. The number of hydrogen-bond donors (Lipinski definition) is 4. The fraction of sp³-hybridized carbons (Fsp3) is 0.500. The number of ether oxygens (including phenoxy) is 1. The van der Waals surface area contributed by atoms with Crippen molar-refractivity contribution < 1.29 is 33.8 Å². The van der Waals surface area contributed by atoms with Crippen LogP contribution in [0.5, 0.6) is 0 Å². The first-order valence-corrected chi connectivity index (χ1v) is 11.2. The quantitative estimate of drug-likeness (QED) is 0.443. The molecule has 34 heavy (non-hydrogen) atoms. The van der Waals surface area contributed by atoms with Crippen molar-refractivity contribution in [1.82, 2.24) is 15.6 Å². The average molecular weight is 476 g/mol. The summed E-state index contributed by atoms with van der Waals surface area (Å²) in [5, 5.41) is 25.5. The second-order valence-electron chi connectivity index (χ2n) is 8.44. The zero-order valence-electron chi connectivity index (χ0n) is 19.7. The SMILES string of the molecule is CC1=C\[C@@H](O)C[C@@H](O)Cc2nc(co2)C(=O)NCC(=O)O[C@H](C(C)C)C/C=C/C(=O)NC\C=C\1. The highest BCUT2D eigenvalue weighted by Gasteiger charge is 2.20. The molecule has 1 aliphatic heterocycles. The molecule has 2 rings (SSSR count). The van der Waals surface area contributed by atoms with Gasteiger partial charge in [0.15, 0.2) is 11.6 Å². The summed E-state index contributed by atoms with van der Waals surface area (Å²) in [4.78, 5) is 40.5. The van der Waals surface area contributed by atoms with Crippen LogP contribution in [0.4, 0.5) is 0 Å². The van der Waals surface area contributed by atoms with E-state index in [2.05, 4.69) is 15.6 Å². The van der Waals surface area contributed by atoms with Crippen molar-refractivity contribution in [3.05, 3.63) is 53.8 Å². The standard InChI is InChI=1S/C24H33N3O7/c1-15(2)20-7-4-8-21(30)25-9-5-6-16(3)10-17(28)11-18(29)12-22-27-19(14-33-22)24(32)26-13-23(31)34-20/h4-6,8,10,14-15,17-18,20,28-29H,7,9,11-13H2,1-3H3,(H,25,30)(H,26,32)/b6-5+,8-4+,16-10+/t17-,18-,20+/m1/s1. The summed E-state index contributed by atoms with van der Waals surface area (Å²) in [5.74, 6) is -1.40. The monoisotopic (exact) mass is 475 g/mol. The van der Waals surface area contributed by atoms with Crippen LogP contribution < -0.4 is 10.6 Å². The summed E-state index contributed by atoms with van der Waals surface area (Å²) in [5.41, 5.74) is 0.726. The summed E-state index contributed by atoms with van der Waals surface area (Å²) in [7, 11) is 0. The van der Waals surface area contributed by atoms with Gasteiger partial charge in [-0.05, 0) is 18.9 Å². The molecule has 0 saturated heterocycles. The Hall–Kier alpha value is -3.24. The Morgan fingerprint density at radius 1 is 1.12 bits per heavy atom. The number of aliphatic hydroxyl groups is 2. The maximum atomic E-state index is 12.3. The largest absolute Gasteiger partial charge is 0.460 e. The number of amides is 2. The number of aromatic nitrogens is 1. The number of hydrogen-bond acceptors (Lipinski definition) is 8. The summed E-state index contributed by atoms with van der Waals surface area (Å²) in [6.45, 7) is 5.50. The van der Waals surface area contributed by atoms with Gasteiger partial charge in [-0.2, -0.15) is 0 Å². The summed E-state index contributed by atoms with van der Waals surface area (Å²) < 4.78 is 10.7. The van der Waals surface area contributed by atoms with Crippen molar-refractivity contribution in [1.29, 1.82) is 0 Å². The molecule has 0 saturated carbocycles. The van der Waals surface area contributed by atoms with Gasteiger partial charge >= 0.3 is 5.97 Å². The van der Waals surface area contributed by atoms with Crippen molar-refractivity contribution in [3.8, 4) is 0 Å². The molecule has 0 spiro atoms. The zero-order valence-corrected chi connectivity index (χ0v) is 19.7. The molecule has 0 fully saturated rings. The van der Waals surface area contributed by atoms with Crippen molar-refractivity contribution in [3.63, 3.8) is 0 Å². The predicted octanol–water partition coefficient (Wildman–Crippen LogP) is 1.21. The third-order valence-electron chi connectivity index (χ3n) is 5.00. The van der Waals surface area contributed by atoms with Gasteiger partial charge in [-0.3, -0.25) is 14.4 Å². The van der Waals surface area contributed by atoms with Gasteiger partial charge in [-0.1, -0.05) is 43.7 Å². The second-order valence-corrected chi connectivity index (χ2v) is 8.44. The van der Waals surface area contributed by atoms with E-state index in [-0.39, 0.29) is 42.8 Å². The van der Waals surface area contributed by atoms with E-state index in [4.69, 9.17) is 9.15 Å². The van der Waals surface area contributed by atoms with Crippen LogP contribution in [0.1, 0.15) is 50.0 Å². The van der Waals surface area contributed by atoms with Crippen LogP contribution in [0.25, 0.3) is 0 Å². The molecule has 2 amide bonds. The molecule has 0 aromatic carbocycles. The zero-order chi connectivity index (χ0) is 25.1. The van der Waals surface area contributed by atoms with E-state index in [1.807, 2.05) is 13.8 Å². The Morgan fingerprint density at radius 2 is 1.88 bits per heavy atom. The second kappa shape index (κ2) is 13.5. The molecule has 10 nitrogen and oxygen atoms in total. The highest BCUT2D eigenvalue weighted by Crippen LogP contribution is 2.13. The van der Waals surface area contributed by atoms with Gasteiger partial charge in [-0.15, -0.1) is 0 Å². The minimum absolute atomic E-state index is 0.000543. The molecule has 0 radical (unpaired) electrons. The minimum atomic E-state index is -0.951. The number of carbonyl (C=O) groups excluding carboxylic acids is 3. The first kappa shape index (κ1) is 27.0. The molecule has 1 aromatic rings. The normalized spacial score (nSPS) is 27.6. The van der Waals surface area contributed by atoms with Crippen molar-refractivity contribution in [2.45, 2.75) is 58.3 Å². The van der Waals surface area contributed by atoms with Gasteiger partial charge in [0.1, 0.15) is 18.9 Å². The van der Waals surface area contributed by atoms with Crippen molar-refractivity contribution >= 4 is 17.8 Å². The number of esters is 1. The van der Waals surface area contributed by atoms with Crippen LogP contribution in [0.2, 0.25) is 0 Å². The third kappa shape index (κ3) is 9.72. The van der Waals surface area contributed by atoms with Gasteiger partial charge in [0.05, 0.1) is 18.6 Å². The van der Waals surface area contributed by atoms with Crippen LogP contribution in [-0.4, -0.2) is 64.4 Å². The van der Waals surface area contributed by atoms with Crippen LogP contribution in [0.15, 0.2) is 46.6 Å². The van der Waals surface area contributed by atoms with Crippen LogP contribution in [-0.2, 0) is 20.7 Å². The molecule has 4 N–H and O–H groups in total. The van der Waals surface area contributed by atoms with E-state index in [1.54, 1.807) is 31.2 Å². The van der Waals surface area contributed by atoms with Gasteiger partial charge in [0.25, 0.3) is 5.91 Å². The molecule has 10 heteroatoms. The Balaban J connectivity index is 2.14. The van der Waals surface area contributed by atoms with Gasteiger partial charge < -0.3 is 30.0 Å². The predicted molar refractivity (Wildman–Crippen MR) is 124 cm³/mol. The van der Waals surface area contributed by atoms with Crippen LogP contribution in [0, 0.1) is 5.92 Å². The van der Waals surface area contributed by atoms with Crippen LogP contribution in [0.3, 0.4) is 0 Å². The fourth-order valence-electron chi connectivity index (χ4n) is 3.18. The van der Waals surface area contributed by atoms with E-state index >= 15 is 0 Å². The van der Waals surface area contributed by atoms with Crippen molar-refractivity contribution in [2.75, 3.05) is 13.1 Å². The van der Waals surface area contributed by atoms with E-state index in [9.17, 15) is 24.6 Å². The maximum absolute atomic E-state index is 12.3. The Morgan fingerprint density at radius 3 is 2.62 bits per heavy atom. The number of oxazole rings is 1. The molecule has 186 valence electrons. The summed E-state index contributed by atoms with van der Waals surface area (Å²) in [6, 6.07) is 0. The average Bonchev–Trinajstić information content (AvgIpc) is 3.21. The molecule has 0 unspecified atom stereocenters. The number of nitrogens with zero attached hydrogens (tertiary/aromatic N) is 1. The lowest BCUT2D eigenvalue weighted by molar-refractivity contribution is -0.149. The molecular weight excluding hydrogens is 442 g/mol. The molecule has 1 aromatic heterocycles. The lowest BCUT2D eigenvalue weighted by Gasteiger charge is -2.20. The Kier molecular flexibility index (Phi) is 10.7. The number of allylic oxidation sites excluding steroid dienone is 2. The first-order valence-electron chi connectivity index (χ1n) is 11.2. The van der Waals surface area contributed by atoms with Gasteiger partial charge in [0, 0.05) is 19.4 Å². The lowest BCUT2D eigenvalue weighted by atomic mass is 10.0. The number of aliphatic hydroxyl groups excluding tert-OH is 2. The number of fused-ring (bicyclic) bond motifs is 2. The number of nitrogens with one attached hydrogen (secondary N) is 2. The minimum Gasteiger partial charge on any atom is -0.460 e. The lowest BCUT2D eigenvalue weighted by Crippen LogP contribution is -2.34. The fourth-order valence-corrected chi connectivity index (χ4v) is 3.18. The molecule has 2 heterocycles.